The van der Waals surface area contributed by atoms with E-state index in [9.17, 15) is 13.2 Å². The van der Waals surface area contributed by atoms with Crippen molar-refractivity contribution in [2.75, 3.05) is 4.72 Å². The van der Waals surface area contributed by atoms with Gasteiger partial charge in [-0.25, -0.2) is 13.2 Å². The van der Waals surface area contributed by atoms with E-state index in [2.05, 4.69) is 4.72 Å². The smallest absolute Gasteiger partial charge is 0.335 e. The fourth-order valence-corrected chi connectivity index (χ4v) is 3.80. The maximum atomic E-state index is 12.5. The summed E-state index contributed by atoms with van der Waals surface area (Å²) in [5.74, 6) is -1.06. The molecule has 26 heavy (non-hydrogen) atoms. The average Bonchev–Trinajstić information content (AvgIpc) is 2.94. The number of hydrogen-bond acceptors (Lipinski definition) is 3. The quantitative estimate of drug-likeness (QED) is 0.718. The van der Waals surface area contributed by atoms with Crippen molar-refractivity contribution < 1.29 is 18.3 Å². The number of sulfonamides is 1. The molecule has 0 spiro atoms. The van der Waals surface area contributed by atoms with Crippen molar-refractivity contribution in [2.45, 2.75) is 18.7 Å². The summed E-state index contributed by atoms with van der Waals surface area (Å²) in [6.07, 6.45) is 0. The number of aromatic nitrogens is 1. The van der Waals surface area contributed by atoms with Crippen LogP contribution >= 0.6 is 0 Å². The molecule has 0 aliphatic carbocycles. The van der Waals surface area contributed by atoms with Crippen LogP contribution in [0.5, 0.6) is 0 Å². The van der Waals surface area contributed by atoms with Crippen molar-refractivity contribution in [1.29, 1.82) is 0 Å². The third-order valence-corrected chi connectivity index (χ3v) is 5.46. The number of carboxylic acids is 1. The Balaban J connectivity index is 1.84. The van der Waals surface area contributed by atoms with Gasteiger partial charge in [0, 0.05) is 22.8 Å². The lowest BCUT2D eigenvalue weighted by Crippen LogP contribution is -2.13. The second-order valence-electron chi connectivity index (χ2n) is 5.93. The summed E-state index contributed by atoms with van der Waals surface area (Å²) in [5.41, 5.74) is 3.41. The van der Waals surface area contributed by atoms with Gasteiger partial charge >= 0.3 is 5.97 Å². The number of benzene rings is 2. The van der Waals surface area contributed by atoms with Crippen molar-refractivity contribution in [3.8, 4) is 5.69 Å². The van der Waals surface area contributed by atoms with Gasteiger partial charge in [0.2, 0.25) is 0 Å². The number of carbonyl (C=O) groups is 1. The SMILES string of the molecule is Cc1ccc(C)n1-c1ccc(S(=O)(=O)Nc2ccc(C(=O)O)cc2)cc1. The summed E-state index contributed by atoms with van der Waals surface area (Å²) in [6, 6.07) is 16.1. The summed E-state index contributed by atoms with van der Waals surface area (Å²) in [5, 5.41) is 8.89. The van der Waals surface area contributed by atoms with Gasteiger partial charge in [0.05, 0.1) is 10.5 Å². The number of carboxylic acid groups (broad SMARTS) is 1. The number of anilines is 1. The zero-order chi connectivity index (χ0) is 18.9. The fourth-order valence-electron chi connectivity index (χ4n) is 2.74. The molecule has 0 bridgehead atoms. The highest BCUT2D eigenvalue weighted by Gasteiger charge is 2.15. The lowest BCUT2D eigenvalue weighted by Gasteiger charge is -2.12. The van der Waals surface area contributed by atoms with Crippen molar-refractivity contribution >= 4 is 21.7 Å². The van der Waals surface area contributed by atoms with E-state index in [1.54, 1.807) is 24.3 Å². The van der Waals surface area contributed by atoms with E-state index in [-0.39, 0.29) is 10.5 Å². The molecule has 134 valence electrons. The van der Waals surface area contributed by atoms with E-state index >= 15 is 0 Å². The van der Waals surface area contributed by atoms with Crippen LogP contribution in [0.2, 0.25) is 0 Å². The molecule has 0 atom stereocenters. The molecule has 1 heterocycles. The molecule has 0 amide bonds. The van der Waals surface area contributed by atoms with E-state index in [4.69, 9.17) is 5.11 Å². The van der Waals surface area contributed by atoms with Gasteiger partial charge in [0.1, 0.15) is 0 Å². The molecule has 0 aliphatic rings. The summed E-state index contributed by atoms with van der Waals surface area (Å²) < 4.78 is 29.5. The highest BCUT2D eigenvalue weighted by molar-refractivity contribution is 7.92. The molecule has 3 aromatic rings. The molecule has 0 saturated carbocycles. The van der Waals surface area contributed by atoms with Gasteiger partial charge in [-0.1, -0.05) is 0 Å². The lowest BCUT2D eigenvalue weighted by atomic mass is 10.2. The minimum atomic E-state index is -3.76. The summed E-state index contributed by atoms with van der Waals surface area (Å²) in [7, 11) is -3.76. The molecule has 3 rings (SSSR count). The Bertz CT molecular complexity index is 1030. The predicted octanol–water partition coefficient (Wildman–Crippen LogP) is 3.59. The van der Waals surface area contributed by atoms with E-state index in [1.165, 1.54) is 24.3 Å². The average molecular weight is 370 g/mol. The third-order valence-electron chi connectivity index (χ3n) is 4.06. The number of nitrogens with one attached hydrogen (secondary N) is 1. The predicted molar refractivity (Wildman–Crippen MR) is 99.5 cm³/mol. The van der Waals surface area contributed by atoms with Crippen LogP contribution in [-0.4, -0.2) is 24.1 Å². The maximum Gasteiger partial charge on any atom is 0.335 e. The van der Waals surface area contributed by atoms with Crippen LogP contribution in [0.4, 0.5) is 5.69 Å². The Morgan fingerprint density at radius 1 is 0.885 bits per heavy atom. The van der Waals surface area contributed by atoms with Crippen LogP contribution in [0.25, 0.3) is 5.69 Å². The standard InChI is InChI=1S/C19H18N2O4S/c1-13-3-4-14(2)21(13)17-9-11-18(12-10-17)26(24,25)20-16-7-5-15(6-8-16)19(22)23/h3-12,20H,1-2H3,(H,22,23). The number of aryl methyl sites for hydroxylation is 2. The molecule has 0 aliphatic heterocycles. The van der Waals surface area contributed by atoms with Crippen molar-refractivity contribution in [3.63, 3.8) is 0 Å². The van der Waals surface area contributed by atoms with Gasteiger partial charge in [-0.2, -0.15) is 0 Å². The number of nitrogens with zero attached hydrogens (tertiary/aromatic N) is 1. The molecule has 2 N–H and O–H groups in total. The van der Waals surface area contributed by atoms with Crippen LogP contribution < -0.4 is 4.72 Å². The first-order valence-corrected chi connectivity index (χ1v) is 9.38. The Labute approximate surface area is 151 Å². The third kappa shape index (κ3) is 3.48. The minimum Gasteiger partial charge on any atom is -0.478 e. The van der Waals surface area contributed by atoms with Crippen molar-refractivity contribution in [3.05, 3.63) is 77.6 Å². The van der Waals surface area contributed by atoms with Crippen molar-refractivity contribution in [2.24, 2.45) is 0 Å². The molecule has 0 saturated heterocycles. The Kier molecular flexibility index (Phi) is 4.56. The van der Waals surface area contributed by atoms with Gasteiger partial charge in [0.25, 0.3) is 10.0 Å². The van der Waals surface area contributed by atoms with Crippen LogP contribution in [0.15, 0.2) is 65.6 Å². The monoisotopic (exact) mass is 370 g/mol. The molecule has 0 fully saturated rings. The molecule has 1 aromatic heterocycles. The first-order chi connectivity index (χ1) is 12.3. The molecule has 0 unspecified atom stereocenters. The summed E-state index contributed by atoms with van der Waals surface area (Å²) >= 11 is 0. The van der Waals surface area contributed by atoms with E-state index < -0.39 is 16.0 Å². The minimum absolute atomic E-state index is 0.0924. The van der Waals surface area contributed by atoms with Gasteiger partial charge in [0.15, 0.2) is 0 Å². The molecule has 7 heteroatoms. The molecule has 0 radical (unpaired) electrons. The Morgan fingerprint density at radius 3 is 1.92 bits per heavy atom. The number of rotatable bonds is 5. The van der Waals surface area contributed by atoms with E-state index in [0.717, 1.165) is 17.1 Å². The highest BCUT2D eigenvalue weighted by Crippen LogP contribution is 2.21. The van der Waals surface area contributed by atoms with Gasteiger partial charge in [-0.3, -0.25) is 4.72 Å². The molecular formula is C19H18N2O4S. The second-order valence-corrected chi connectivity index (χ2v) is 7.62. The zero-order valence-corrected chi connectivity index (χ0v) is 15.1. The lowest BCUT2D eigenvalue weighted by molar-refractivity contribution is 0.0697. The first-order valence-electron chi connectivity index (χ1n) is 7.89. The van der Waals surface area contributed by atoms with Gasteiger partial charge in [-0.15, -0.1) is 0 Å². The van der Waals surface area contributed by atoms with E-state index in [0.29, 0.717) is 5.69 Å². The Morgan fingerprint density at radius 2 is 1.42 bits per heavy atom. The second kappa shape index (κ2) is 6.68. The highest BCUT2D eigenvalue weighted by atomic mass is 32.2. The first kappa shape index (κ1) is 17.8. The van der Waals surface area contributed by atoms with Gasteiger partial charge < -0.3 is 9.67 Å². The van der Waals surface area contributed by atoms with Crippen LogP contribution in [-0.2, 0) is 10.0 Å². The fraction of sp³-hybridized carbons (Fsp3) is 0.105. The number of aromatic carboxylic acids is 1. The normalized spacial score (nSPS) is 11.3. The maximum absolute atomic E-state index is 12.5. The topological polar surface area (TPSA) is 88.4 Å². The summed E-state index contributed by atoms with van der Waals surface area (Å²) in [4.78, 5) is 11.0. The summed E-state index contributed by atoms with van der Waals surface area (Å²) in [6.45, 7) is 3.97. The molecule has 6 nitrogen and oxygen atoms in total. The largest absolute Gasteiger partial charge is 0.478 e. The number of hydrogen-bond donors (Lipinski definition) is 2. The van der Waals surface area contributed by atoms with E-state index in [1.807, 2.05) is 30.5 Å². The van der Waals surface area contributed by atoms with Crippen LogP contribution in [0.3, 0.4) is 0 Å². The molecule has 2 aromatic carbocycles. The zero-order valence-electron chi connectivity index (χ0n) is 14.3. The van der Waals surface area contributed by atoms with Gasteiger partial charge in [-0.05, 0) is 74.5 Å². The van der Waals surface area contributed by atoms with Crippen molar-refractivity contribution in [1.82, 2.24) is 4.57 Å². The van der Waals surface area contributed by atoms with Crippen LogP contribution in [0, 0.1) is 13.8 Å². The Hall–Kier alpha value is -3.06. The van der Waals surface area contributed by atoms with Crippen LogP contribution in [0.1, 0.15) is 21.7 Å². The molecular weight excluding hydrogens is 352 g/mol.